The number of aryl methyl sites for hydroxylation is 1. The van der Waals surface area contributed by atoms with E-state index < -0.39 is 0 Å². The largest absolute Gasteiger partial charge is 0.395 e. The number of hydrogen-bond acceptors (Lipinski definition) is 3. The predicted octanol–water partition coefficient (Wildman–Crippen LogP) is 3.09. The average molecular weight is 278 g/mol. The van der Waals surface area contributed by atoms with Gasteiger partial charge in [0.15, 0.2) is 0 Å². The van der Waals surface area contributed by atoms with Gasteiger partial charge in [-0.25, -0.2) is 0 Å². The Hall–Kier alpha value is -1.06. The molecule has 0 amide bonds. The van der Waals surface area contributed by atoms with Crippen LogP contribution in [-0.4, -0.2) is 31.3 Å². The predicted molar refractivity (Wildman–Crippen MR) is 87.4 cm³/mol. The van der Waals surface area contributed by atoms with Crippen molar-refractivity contribution < 1.29 is 5.11 Å². The summed E-state index contributed by atoms with van der Waals surface area (Å²) >= 11 is 0. The molecule has 0 aliphatic heterocycles. The molecular formula is C17H30N2O. The maximum Gasteiger partial charge on any atom is 0.0606 e. The van der Waals surface area contributed by atoms with Crippen molar-refractivity contribution >= 4 is 5.69 Å². The van der Waals surface area contributed by atoms with Gasteiger partial charge < -0.3 is 15.3 Å². The van der Waals surface area contributed by atoms with Gasteiger partial charge in [0.25, 0.3) is 0 Å². The number of nitrogens with one attached hydrogen (secondary N) is 1. The number of hydrogen-bond donors (Lipinski definition) is 2. The van der Waals surface area contributed by atoms with E-state index in [-0.39, 0.29) is 6.61 Å². The highest BCUT2D eigenvalue weighted by atomic mass is 16.3. The summed E-state index contributed by atoms with van der Waals surface area (Å²) < 4.78 is 0. The van der Waals surface area contributed by atoms with Crippen molar-refractivity contribution in [2.75, 3.05) is 31.1 Å². The average Bonchev–Trinajstić information content (AvgIpc) is 2.44. The van der Waals surface area contributed by atoms with E-state index in [4.69, 9.17) is 0 Å². The first-order valence-electron chi connectivity index (χ1n) is 7.89. The summed E-state index contributed by atoms with van der Waals surface area (Å²) in [6.45, 7) is 10.5. The molecule has 0 unspecified atom stereocenters. The first-order chi connectivity index (χ1) is 9.72. The molecule has 0 spiro atoms. The standard InChI is InChI=1S/C17H30N2O/c1-4-6-10-19(11-12-20)17-8-7-16(13-15(17)3)14-18-9-5-2/h7-8,13,18,20H,4-6,9-12,14H2,1-3H3. The van der Waals surface area contributed by atoms with Crippen LogP contribution in [0.3, 0.4) is 0 Å². The molecule has 0 fully saturated rings. The molecule has 0 aromatic heterocycles. The molecule has 3 heteroatoms. The maximum atomic E-state index is 9.23. The molecule has 0 aliphatic rings. The molecule has 0 aliphatic carbocycles. The lowest BCUT2D eigenvalue weighted by Gasteiger charge is -2.26. The van der Waals surface area contributed by atoms with Crippen molar-refractivity contribution in [3.05, 3.63) is 29.3 Å². The Morgan fingerprint density at radius 3 is 2.55 bits per heavy atom. The van der Waals surface area contributed by atoms with Crippen molar-refractivity contribution in [3.8, 4) is 0 Å². The third-order valence-electron chi connectivity index (χ3n) is 3.51. The van der Waals surface area contributed by atoms with Gasteiger partial charge in [-0.2, -0.15) is 0 Å². The van der Waals surface area contributed by atoms with Crippen LogP contribution in [0.5, 0.6) is 0 Å². The Morgan fingerprint density at radius 2 is 1.95 bits per heavy atom. The monoisotopic (exact) mass is 278 g/mol. The topological polar surface area (TPSA) is 35.5 Å². The zero-order valence-electron chi connectivity index (χ0n) is 13.3. The summed E-state index contributed by atoms with van der Waals surface area (Å²) in [6.07, 6.45) is 3.51. The van der Waals surface area contributed by atoms with Gasteiger partial charge >= 0.3 is 0 Å². The first kappa shape index (κ1) is 17.0. The molecule has 2 N–H and O–H groups in total. The van der Waals surface area contributed by atoms with Crippen molar-refractivity contribution in [1.82, 2.24) is 5.32 Å². The SMILES string of the molecule is CCCCN(CCO)c1ccc(CNCCC)cc1C. The smallest absolute Gasteiger partial charge is 0.0606 e. The highest BCUT2D eigenvalue weighted by Crippen LogP contribution is 2.21. The zero-order chi connectivity index (χ0) is 14.8. The molecule has 1 aromatic carbocycles. The van der Waals surface area contributed by atoms with E-state index in [1.54, 1.807) is 0 Å². The van der Waals surface area contributed by atoms with Crippen LogP contribution >= 0.6 is 0 Å². The van der Waals surface area contributed by atoms with Gasteiger partial charge in [-0.15, -0.1) is 0 Å². The van der Waals surface area contributed by atoms with E-state index in [2.05, 4.69) is 49.2 Å². The summed E-state index contributed by atoms with van der Waals surface area (Å²) in [4.78, 5) is 2.29. The number of anilines is 1. The van der Waals surface area contributed by atoms with E-state index in [9.17, 15) is 5.11 Å². The van der Waals surface area contributed by atoms with Crippen LogP contribution in [0.2, 0.25) is 0 Å². The van der Waals surface area contributed by atoms with E-state index in [1.165, 1.54) is 36.1 Å². The lowest BCUT2D eigenvalue weighted by molar-refractivity contribution is 0.301. The van der Waals surface area contributed by atoms with Crippen LogP contribution in [-0.2, 0) is 6.54 Å². The summed E-state index contributed by atoms with van der Waals surface area (Å²) in [5.41, 5.74) is 3.89. The molecule has 0 saturated heterocycles. The van der Waals surface area contributed by atoms with Crippen LogP contribution in [0, 0.1) is 6.92 Å². The minimum atomic E-state index is 0.211. The summed E-state index contributed by atoms with van der Waals surface area (Å²) in [5, 5.41) is 12.7. The fourth-order valence-electron chi connectivity index (χ4n) is 2.41. The second-order valence-corrected chi connectivity index (χ2v) is 5.36. The second kappa shape index (κ2) is 9.78. The van der Waals surface area contributed by atoms with Gasteiger partial charge in [-0.1, -0.05) is 32.4 Å². The summed E-state index contributed by atoms with van der Waals surface area (Å²) in [7, 11) is 0. The maximum absolute atomic E-state index is 9.23. The number of aliphatic hydroxyl groups excluding tert-OH is 1. The normalized spacial score (nSPS) is 10.8. The molecular weight excluding hydrogens is 248 g/mol. The number of unbranched alkanes of at least 4 members (excludes halogenated alkanes) is 1. The fourth-order valence-corrected chi connectivity index (χ4v) is 2.41. The minimum absolute atomic E-state index is 0.211. The van der Waals surface area contributed by atoms with Crippen molar-refractivity contribution in [2.24, 2.45) is 0 Å². The van der Waals surface area contributed by atoms with Gasteiger partial charge in [0, 0.05) is 25.3 Å². The lowest BCUT2D eigenvalue weighted by Crippen LogP contribution is -2.28. The lowest BCUT2D eigenvalue weighted by atomic mass is 10.1. The molecule has 1 aromatic rings. The Morgan fingerprint density at radius 1 is 1.15 bits per heavy atom. The summed E-state index contributed by atoms with van der Waals surface area (Å²) in [5.74, 6) is 0. The van der Waals surface area contributed by atoms with Crippen LogP contribution in [0.25, 0.3) is 0 Å². The number of nitrogens with zero attached hydrogens (tertiary/aromatic N) is 1. The zero-order valence-corrected chi connectivity index (χ0v) is 13.3. The Labute approximate surface area is 124 Å². The Bertz CT molecular complexity index is 379. The van der Waals surface area contributed by atoms with Crippen molar-refractivity contribution in [1.29, 1.82) is 0 Å². The Kier molecular flexibility index (Phi) is 8.31. The van der Waals surface area contributed by atoms with E-state index in [1.807, 2.05) is 0 Å². The van der Waals surface area contributed by atoms with Crippen LogP contribution in [0.4, 0.5) is 5.69 Å². The van der Waals surface area contributed by atoms with Gasteiger partial charge in [-0.05, 0) is 43.5 Å². The van der Waals surface area contributed by atoms with E-state index in [0.717, 1.165) is 19.6 Å². The molecule has 0 bridgehead atoms. The van der Waals surface area contributed by atoms with E-state index >= 15 is 0 Å². The highest BCUT2D eigenvalue weighted by molar-refractivity contribution is 5.54. The van der Waals surface area contributed by atoms with Crippen LogP contribution in [0.1, 0.15) is 44.2 Å². The molecule has 20 heavy (non-hydrogen) atoms. The van der Waals surface area contributed by atoms with Gasteiger partial charge in [0.2, 0.25) is 0 Å². The molecule has 0 atom stereocenters. The van der Waals surface area contributed by atoms with Crippen LogP contribution in [0.15, 0.2) is 18.2 Å². The summed E-state index contributed by atoms with van der Waals surface area (Å²) in [6, 6.07) is 6.65. The molecule has 0 radical (unpaired) electrons. The number of benzene rings is 1. The molecule has 3 nitrogen and oxygen atoms in total. The van der Waals surface area contributed by atoms with E-state index in [0.29, 0.717) is 6.54 Å². The molecule has 0 saturated carbocycles. The number of rotatable bonds is 10. The van der Waals surface area contributed by atoms with Crippen molar-refractivity contribution in [3.63, 3.8) is 0 Å². The van der Waals surface area contributed by atoms with Gasteiger partial charge in [0.1, 0.15) is 0 Å². The first-order valence-corrected chi connectivity index (χ1v) is 7.89. The third-order valence-corrected chi connectivity index (χ3v) is 3.51. The van der Waals surface area contributed by atoms with Gasteiger partial charge in [-0.3, -0.25) is 0 Å². The second-order valence-electron chi connectivity index (χ2n) is 5.36. The van der Waals surface area contributed by atoms with Crippen molar-refractivity contribution in [2.45, 2.75) is 46.6 Å². The quantitative estimate of drug-likeness (QED) is 0.646. The van der Waals surface area contributed by atoms with Crippen LogP contribution < -0.4 is 10.2 Å². The third kappa shape index (κ3) is 5.51. The highest BCUT2D eigenvalue weighted by Gasteiger charge is 2.08. The van der Waals surface area contributed by atoms with Gasteiger partial charge in [0.05, 0.1) is 6.61 Å². The molecule has 114 valence electrons. The number of aliphatic hydroxyl groups is 1. The Balaban J connectivity index is 2.72. The minimum Gasteiger partial charge on any atom is -0.395 e. The molecule has 0 heterocycles. The molecule has 1 rings (SSSR count). The fraction of sp³-hybridized carbons (Fsp3) is 0.647.